The van der Waals surface area contributed by atoms with E-state index >= 15 is 0 Å². The first-order chi connectivity index (χ1) is 19.3. The van der Waals surface area contributed by atoms with Crippen LogP contribution in [0.5, 0.6) is 0 Å². The summed E-state index contributed by atoms with van der Waals surface area (Å²) in [6.45, 7) is 1.46. The zero-order chi connectivity index (χ0) is 28.2. The van der Waals surface area contributed by atoms with Gasteiger partial charge in [0.2, 0.25) is 0 Å². The van der Waals surface area contributed by atoms with Crippen LogP contribution in [0.15, 0.2) is 55.2 Å². The topological polar surface area (TPSA) is 109 Å². The number of nitrogens with one attached hydrogen (secondary N) is 1. The molecule has 1 amide bonds. The highest BCUT2D eigenvalue weighted by molar-refractivity contribution is 6.31. The molecule has 0 radical (unpaired) electrons. The fraction of sp³-hybridized carbons (Fsp3) is 0.296. The number of hydrogen-bond donors (Lipinski definition) is 2. The predicted molar refractivity (Wildman–Crippen MR) is 143 cm³/mol. The van der Waals surface area contributed by atoms with Crippen LogP contribution in [0, 0.1) is 5.82 Å². The summed E-state index contributed by atoms with van der Waals surface area (Å²) in [6.07, 6.45) is 6.91. The number of nitrogens with zero attached hydrogens (tertiary/aromatic N) is 6. The van der Waals surface area contributed by atoms with Crippen molar-refractivity contribution in [3.63, 3.8) is 0 Å². The highest BCUT2D eigenvalue weighted by atomic mass is 35.5. The largest absolute Gasteiger partial charge is 0.396 e. The Morgan fingerprint density at radius 1 is 1.18 bits per heavy atom. The van der Waals surface area contributed by atoms with E-state index in [1.54, 1.807) is 17.1 Å². The summed E-state index contributed by atoms with van der Waals surface area (Å²) in [4.78, 5) is 27.6. The van der Waals surface area contributed by atoms with Crippen molar-refractivity contribution < 1.29 is 23.1 Å². The summed E-state index contributed by atoms with van der Waals surface area (Å²) in [5.41, 5.74) is -0.293. The zero-order valence-electron chi connectivity index (χ0n) is 21.1. The molecule has 4 heterocycles. The van der Waals surface area contributed by atoms with E-state index in [1.807, 2.05) is 12.1 Å². The number of hydrogen-bond acceptors (Lipinski definition) is 7. The molecule has 5 rings (SSSR count). The van der Waals surface area contributed by atoms with Crippen LogP contribution in [-0.4, -0.2) is 54.9 Å². The number of amides is 1. The van der Waals surface area contributed by atoms with Crippen molar-refractivity contribution in [3.8, 4) is 11.3 Å². The molecule has 13 heteroatoms. The lowest BCUT2D eigenvalue weighted by atomic mass is 10.0. The molecule has 4 aromatic rings. The summed E-state index contributed by atoms with van der Waals surface area (Å²) in [7, 11) is 0. The van der Waals surface area contributed by atoms with E-state index in [0.717, 1.165) is 61.7 Å². The summed E-state index contributed by atoms with van der Waals surface area (Å²) < 4.78 is 43.3. The van der Waals surface area contributed by atoms with Gasteiger partial charge in [0, 0.05) is 42.7 Å². The van der Waals surface area contributed by atoms with E-state index in [9.17, 15) is 23.1 Å². The van der Waals surface area contributed by atoms with Gasteiger partial charge in [-0.15, -0.1) is 0 Å². The van der Waals surface area contributed by atoms with Crippen molar-refractivity contribution in [3.05, 3.63) is 82.9 Å². The highest BCUT2D eigenvalue weighted by Gasteiger charge is 2.25. The lowest BCUT2D eigenvalue weighted by molar-refractivity contribution is 0.102. The second kappa shape index (κ2) is 12.0. The van der Waals surface area contributed by atoms with Crippen LogP contribution in [0.1, 0.15) is 47.3 Å². The Morgan fingerprint density at radius 3 is 2.77 bits per heavy atom. The predicted octanol–water partition coefficient (Wildman–Crippen LogP) is 5.12. The molecule has 40 heavy (non-hydrogen) atoms. The van der Waals surface area contributed by atoms with Gasteiger partial charge in [-0.1, -0.05) is 23.7 Å². The van der Waals surface area contributed by atoms with Gasteiger partial charge in [-0.25, -0.2) is 23.1 Å². The number of anilines is 2. The van der Waals surface area contributed by atoms with Crippen molar-refractivity contribution in [1.29, 1.82) is 0 Å². The molecular formula is C27H25ClF3N7O2. The maximum absolute atomic E-state index is 14.7. The molecule has 2 N–H and O–H groups in total. The van der Waals surface area contributed by atoms with Gasteiger partial charge in [-0.2, -0.15) is 5.10 Å². The average molecular weight is 572 g/mol. The SMILES string of the molecule is O=C(Nc1cnn(Cc2ccc(N3CCCC3CCO)nc2)c1)c1cncc(-c2c(C(F)F)ccc(Cl)c2F)n1. The third-order valence-electron chi connectivity index (χ3n) is 6.66. The van der Waals surface area contributed by atoms with Gasteiger partial charge in [-0.3, -0.25) is 14.5 Å². The Labute approximate surface area is 232 Å². The van der Waals surface area contributed by atoms with Crippen LogP contribution in [0.3, 0.4) is 0 Å². The van der Waals surface area contributed by atoms with E-state index in [-0.39, 0.29) is 23.0 Å². The molecule has 1 saturated heterocycles. The van der Waals surface area contributed by atoms with Gasteiger partial charge in [0.1, 0.15) is 11.5 Å². The number of carbonyl (C=O) groups is 1. The van der Waals surface area contributed by atoms with Crippen molar-refractivity contribution >= 4 is 29.0 Å². The van der Waals surface area contributed by atoms with Gasteiger partial charge < -0.3 is 15.3 Å². The second-order valence-corrected chi connectivity index (χ2v) is 9.73. The van der Waals surface area contributed by atoms with Crippen LogP contribution in [-0.2, 0) is 6.54 Å². The molecule has 208 valence electrons. The standard InChI is InChI=1S/C27H25ClF3N7O2/c28-20-5-4-19(26(30)31)24(25(20)29)21-12-32-13-22(36-21)27(40)35-17-11-34-37(15-17)14-16-3-6-23(33-10-16)38-8-1-2-18(38)7-9-39/h3-6,10-13,15,18,26,39H,1-2,7-9,14H2,(H,35,40). The lowest BCUT2D eigenvalue weighted by Gasteiger charge is -2.25. The number of pyridine rings is 1. The molecule has 9 nitrogen and oxygen atoms in total. The number of aromatic nitrogens is 5. The summed E-state index contributed by atoms with van der Waals surface area (Å²) >= 11 is 5.79. The molecule has 1 unspecified atom stereocenters. The maximum Gasteiger partial charge on any atom is 0.275 e. The number of halogens is 4. The summed E-state index contributed by atoms with van der Waals surface area (Å²) in [5.74, 6) is -0.876. The molecule has 1 aliphatic rings. The van der Waals surface area contributed by atoms with Crippen molar-refractivity contribution in [1.82, 2.24) is 24.7 Å². The first-order valence-corrected chi connectivity index (χ1v) is 13.0. The van der Waals surface area contributed by atoms with Crippen molar-refractivity contribution in [2.75, 3.05) is 23.4 Å². The number of carbonyl (C=O) groups excluding carboxylic acids is 1. The first kappa shape index (κ1) is 27.5. The number of benzene rings is 1. The van der Waals surface area contributed by atoms with Crippen LogP contribution >= 0.6 is 11.6 Å². The Morgan fingerprint density at radius 2 is 2.02 bits per heavy atom. The van der Waals surface area contributed by atoms with Gasteiger partial charge in [-0.05, 0) is 37.0 Å². The molecule has 0 spiro atoms. The number of alkyl halides is 2. The van der Waals surface area contributed by atoms with Crippen LogP contribution < -0.4 is 10.2 Å². The van der Waals surface area contributed by atoms with Gasteiger partial charge in [0.25, 0.3) is 12.3 Å². The minimum absolute atomic E-state index is 0.148. The molecule has 0 saturated carbocycles. The summed E-state index contributed by atoms with van der Waals surface area (Å²) in [6, 6.07) is 6.25. The van der Waals surface area contributed by atoms with Gasteiger partial charge >= 0.3 is 0 Å². The number of aliphatic hydroxyl groups excluding tert-OH is 1. The third-order valence-corrected chi connectivity index (χ3v) is 6.96. The highest BCUT2D eigenvalue weighted by Crippen LogP contribution is 2.35. The van der Waals surface area contributed by atoms with Crippen LogP contribution in [0.4, 0.5) is 24.7 Å². The first-order valence-electron chi connectivity index (χ1n) is 12.6. The Kier molecular flexibility index (Phi) is 8.27. The summed E-state index contributed by atoms with van der Waals surface area (Å²) in [5, 5.41) is 15.8. The molecule has 3 aromatic heterocycles. The number of rotatable bonds is 9. The number of aliphatic hydroxyl groups is 1. The van der Waals surface area contributed by atoms with Crippen molar-refractivity contribution in [2.45, 2.75) is 38.3 Å². The monoisotopic (exact) mass is 571 g/mol. The quantitative estimate of drug-likeness (QED) is 0.287. The van der Waals surface area contributed by atoms with E-state index < -0.39 is 29.3 Å². The molecule has 1 fully saturated rings. The normalized spacial score (nSPS) is 15.2. The minimum atomic E-state index is -2.98. The minimum Gasteiger partial charge on any atom is -0.396 e. The Hall–Kier alpha value is -4.03. The van der Waals surface area contributed by atoms with Gasteiger partial charge in [0.05, 0.1) is 41.5 Å². The maximum atomic E-state index is 14.7. The molecule has 0 bridgehead atoms. The molecular weight excluding hydrogens is 547 g/mol. The van der Waals surface area contributed by atoms with Crippen LogP contribution in [0.25, 0.3) is 11.3 Å². The smallest absolute Gasteiger partial charge is 0.275 e. The second-order valence-electron chi connectivity index (χ2n) is 9.32. The fourth-order valence-corrected chi connectivity index (χ4v) is 4.92. The lowest BCUT2D eigenvalue weighted by Crippen LogP contribution is -2.30. The fourth-order valence-electron chi connectivity index (χ4n) is 4.77. The van der Waals surface area contributed by atoms with E-state index in [1.165, 1.54) is 6.20 Å². The van der Waals surface area contributed by atoms with Gasteiger partial charge in [0.15, 0.2) is 5.82 Å². The third kappa shape index (κ3) is 5.92. The molecule has 0 aliphatic carbocycles. The Bertz CT molecular complexity index is 1500. The molecule has 1 aromatic carbocycles. The Balaban J connectivity index is 1.26. The molecule has 1 atom stereocenters. The van der Waals surface area contributed by atoms with E-state index in [2.05, 4.69) is 30.3 Å². The average Bonchev–Trinajstić information content (AvgIpc) is 3.60. The molecule has 1 aliphatic heterocycles. The van der Waals surface area contributed by atoms with E-state index in [0.29, 0.717) is 18.3 Å². The van der Waals surface area contributed by atoms with Crippen molar-refractivity contribution in [2.24, 2.45) is 0 Å². The zero-order valence-corrected chi connectivity index (χ0v) is 21.9. The van der Waals surface area contributed by atoms with Crippen LogP contribution in [0.2, 0.25) is 5.02 Å². The van der Waals surface area contributed by atoms with E-state index in [4.69, 9.17) is 11.6 Å².